The molecule has 1 amide bonds. The normalized spacial score (nSPS) is 15.1. The van der Waals surface area contributed by atoms with Gasteiger partial charge in [-0.3, -0.25) is 9.59 Å². The second-order valence-corrected chi connectivity index (χ2v) is 10.1. The number of aryl methyl sites for hydroxylation is 1. The fraction of sp³-hybridized carbons (Fsp3) is 0.133. The summed E-state index contributed by atoms with van der Waals surface area (Å²) in [5.74, 6) is 0.277. The largest absolute Gasteiger partial charge is 0.449 e. The lowest BCUT2D eigenvalue weighted by atomic mass is 9.91. The molecule has 194 valence electrons. The fourth-order valence-electron chi connectivity index (χ4n) is 4.98. The molecule has 0 saturated carbocycles. The number of hydrazone groups is 1. The number of aromatic amines is 1. The number of benzene rings is 3. The molecule has 3 aromatic carbocycles. The minimum absolute atomic E-state index is 0.152. The van der Waals surface area contributed by atoms with Gasteiger partial charge in [0.1, 0.15) is 6.26 Å². The maximum absolute atomic E-state index is 13.6. The Morgan fingerprint density at radius 3 is 2.41 bits per heavy atom. The van der Waals surface area contributed by atoms with Crippen LogP contribution in [0.1, 0.15) is 35.9 Å². The van der Waals surface area contributed by atoms with Crippen LogP contribution in [0.5, 0.6) is 0 Å². The Hall–Kier alpha value is -4.20. The number of H-pyrrole nitrogens is 1. The van der Waals surface area contributed by atoms with E-state index < -0.39 is 6.04 Å². The zero-order valence-electron chi connectivity index (χ0n) is 20.6. The van der Waals surface area contributed by atoms with Crippen LogP contribution in [0, 0.1) is 0 Å². The van der Waals surface area contributed by atoms with Crippen molar-refractivity contribution in [1.29, 1.82) is 0 Å². The summed E-state index contributed by atoms with van der Waals surface area (Å²) < 4.78 is 5.30. The maximum atomic E-state index is 13.6. The molecule has 3 heterocycles. The molecule has 1 aliphatic heterocycles. The molecule has 1 N–H and O–H groups in total. The van der Waals surface area contributed by atoms with Gasteiger partial charge in [-0.15, -0.1) is 0 Å². The first-order valence-corrected chi connectivity index (χ1v) is 13.2. The van der Waals surface area contributed by atoms with Gasteiger partial charge in [0.15, 0.2) is 5.89 Å². The van der Waals surface area contributed by atoms with Crippen molar-refractivity contribution in [2.75, 3.05) is 0 Å². The first-order chi connectivity index (χ1) is 19.0. The fourth-order valence-corrected chi connectivity index (χ4v) is 5.23. The van der Waals surface area contributed by atoms with E-state index in [1.165, 1.54) is 11.3 Å². The number of fused-ring (bicyclic) bond motifs is 1. The SMILES string of the molecule is O=C(CCc1ncco1)N1N=C(c2c(-c3ccc(Cl)cc3)c3ccccc3[nH]c2=O)CC1c1ccc(Cl)cc1. The van der Waals surface area contributed by atoms with Crippen LogP contribution in [0.25, 0.3) is 22.0 Å². The highest BCUT2D eigenvalue weighted by molar-refractivity contribution is 6.31. The Labute approximate surface area is 233 Å². The van der Waals surface area contributed by atoms with Crippen LogP contribution >= 0.6 is 23.2 Å². The van der Waals surface area contributed by atoms with E-state index in [4.69, 9.17) is 32.7 Å². The molecule has 1 aliphatic rings. The zero-order chi connectivity index (χ0) is 26.9. The summed E-state index contributed by atoms with van der Waals surface area (Å²) in [6.45, 7) is 0. The quantitative estimate of drug-likeness (QED) is 0.249. The van der Waals surface area contributed by atoms with Gasteiger partial charge in [-0.05, 0) is 41.5 Å². The number of nitrogens with zero attached hydrogens (tertiary/aromatic N) is 3. The molecule has 6 rings (SSSR count). The number of hydrogen-bond donors (Lipinski definition) is 1. The van der Waals surface area contributed by atoms with Gasteiger partial charge in [-0.2, -0.15) is 5.10 Å². The van der Waals surface area contributed by atoms with Crippen molar-refractivity contribution < 1.29 is 9.21 Å². The number of para-hydroxylation sites is 1. The van der Waals surface area contributed by atoms with Crippen LogP contribution < -0.4 is 5.56 Å². The van der Waals surface area contributed by atoms with Crippen LogP contribution in [0.2, 0.25) is 10.0 Å². The topological polar surface area (TPSA) is 91.6 Å². The van der Waals surface area contributed by atoms with Crippen LogP contribution in [0.15, 0.2) is 99.6 Å². The summed E-state index contributed by atoms with van der Waals surface area (Å²) in [5, 5.41) is 8.31. The number of nitrogens with one attached hydrogen (secondary N) is 1. The van der Waals surface area contributed by atoms with Gasteiger partial charge in [0, 0.05) is 45.8 Å². The van der Waals surface area contributed by atoms with E-state index in [-0.39, 0.29) is 17.9 Å². The van der Waals surface area contributed by atoms with Crippen molar-refractivity contribution in [2.45, 2.75) is 25.3 Å². The van der Waals surface area contributed by atoms with Crippen LogP contribution in [-0.4, -0.2) is 26.6 Å². The van der Waals surface area contributed by atoms with Gasteiger partial charge in [-0.1, -0.05) is 65.7 Å². The third kappa shape index (κ3) is 4.99. The molecule has 0 bridgehead atoms. The van der Waals surface area contributed by atoms with E-state index in [9.17, 15) is 9.59 Å². The molecule has 0 saturated heterocycles. The van der Waals surface area contributed by atoms with Gasteiger partial charge in [0.05, 0.1) is 23.5 Å². The molecule has 0 spiro atoms. The van der Waals surface area contributed by atoms with Crippen molar-refractivity contribution in [2.24, 2.45) is 5.10 Å². The summed E-state index contributed by atoms with van der Waals surface area (Å²) in [6.07, 6.45) is 3.88. The van der Waals surface area contributed by atoms with Crippen molar-refractivity contribution in [3.8, 4) is 11.1 Å². The molecular formula is C30H22Cl2N4O3. The molecule has 1 unspecified atom stereocenters. The Morgan fingerprint density at radius 2 is 1.69 bits per heavy atom. The maximum Gasteiger partial charge on any atom is 0.258 e. The average molecular weight is 557 g/mol. The van der Waals surface area contributed by atoms with E-state index in [0.717, 1.165) is 22.1 Å². The Balaban J connectivity index is 1.48. The van der Waals surface area contributed by atoms with E-state index in [1.54, 1.807) is 30.5 Å². The molecule has 0 aliphatic carbocycles. The number of carbonyl (C=O) groups is 1. The number of amides is 1. The van der Waals surface area contributed by atoms with Crippen molar-refractivity contribution >= 4 is 45.7 Å². The predicted molar refractivity (Wildman–Crippen MR) is 152 cm³/mol. The number of rotatable bonds is 6. The molecule has 5 aromatic rings. The number of aromatic nitrogens is 2. The highest BCUT2D eigenvalue weighted by atomic mass is 35.5. The van der Waals surface area contributed by atoms with Crippen LogP contribution in [0.4, 0.5) is 0 Å². The summed E-state index contributed by atoms with van der Waals surface area (Å²) in [7, 11) is 0. The standard InChI is InChI=1S/C30H22Cl2N4O3/c31-20-9-5-18(6-10-20)25-17-24(35-36(25)27(37)14-13-26-33-15-16-39-26)29-28(19-7-11-21(32)12-8-19)22-3-1-2-4-23(22)34-30(29)38/h1-12,15-16,25H,13-14,17H2,(H,34,38). The lowest BCUT2D eigenvalue weighted by Gasteiger charge is -2.22. The highest BCUT2D eigenvalue weighted by Gasteiger charge is 2.35. The monoisotopic (exact) mass is 556 g/mol. The van der Waals surface area contributed by atoms with Crippen molar-refractivity contribution in [3.63, 3.8) is 0 Å². The number of hydrogen-bond acceptors (Lipinski definition) is 5. The smallest absolute Gasteiger partial charge is 0.258 e. The summed E-state index contributed by atoms with van der Waals surface area (Å²) in [6, 6.07) is 21.9. The average Bonchev–Trinajstić information content (AvgIpc) is 3.63. The third-order valence-corrected chi connectivity index (χ3v) is 7.30. The molecule has 0 radical (unpaired) electrons. The van der Waals surface area contributed by atoms with Crippen LogP contribution in [0.3, 0.4) is 0 Å². The molecule has 39 heavy (non-hydrogen) atoms. The van der Waals surface area contributed by atoms with Gasteiger partial charge >= 0.3 is 0 Å². The van der Waals surface area contributed by atoms with E-state index in [0.29, 0.717) is 45.6 Å². The van der Waals surface area contributed by atoms with Gasteiger partial charge in [-0.25, -0.2) is 9.99 Å². The molecule has 0 fully saturated rings. The zero-order valence-corrected chi connectivity index (χ0v) is 22.1. The number of oxazole rings is 1. The second-order valence-electron chi connectivity index (χ2n) is 9.24. The Bertz CT molecular complexity index is 1740. The predicted octanol–water partition coefficient (Wildman–Crippen LogP) is 6.80. The molecule has 9 heteroatoms. The Morgan fingerprint density at radius 1 is 0.974 bits per heavy atom. The molecule has 1 atom stereocenters. The summed E-state index contributed by atoms with van der Waals surface area (Å²) >= 11 is 12.3. The van der Waals surface area contributed by atoms with E-state index in [2.05, 4.69) is 9.97 Å². The first kappa shape index (κ1) is 25.1. The highest BCUT2D eigenvalue weighted by Crippen LogP contribution is 2.37. The van der Waals surface area contributed by atoms with Crippen molar-refractivity contribution in [3.05, 3.63) is 123 Å². The first-order valence-electron chi connectivity index (χ1n) is 12.4. The van der Waals surface area contributed by atoms with Crippen LogP contribution in [-0.2, 0) is 11.2 Å². The number of carbonyl (C=O) groups excluding carboxylic acids is 1. The minimum Gasteiger partial charge on any atom is -0.449 e. The number of halogens is 2. The number of pyridine rings is 1. The molecule has 2 aromatic heterocycles. The van der Waals surface area contributed by atoms with E-state index in [1.807, 2.05) is 48.5 Å². The lowest BCUT2D eigenvalue weighted by molar-refractivity contribution is -0.133. The van der Waals surface area contributed by atoms with E-state index >= 15 is 0 Å². The minimum atomic E-state index is -0.404. The summed E-state index contributed by atoms with van der Waals surface area (Å²) in [5.41, 5.74) is 3.83. The molecular weight excluding hydrogens is 535 g/mol. The molecule has 7 nitrogen and oxygen atoms in total. The van der Waals surface area contributed by atoms with Gasteiger partial charge in [0.25, 0.3) is 5.56 Å². The third-order valence-electron chi connectivity index (χ3n) is 6.80. The summed E-state index contributed by atoms with van der Waals surface area (Å²) in [4.78, 5) is 34.2. The Kier molecular flexibility index (Phi) is 6.77. The van der Waals surface area contributed by atoms with Gasteiger partial charge in [0.2, 0.25) is 5.91 Å². The van der Waals surface area contributed by atoms with Crippen molar-refractivity contribution in [1.82, 2.24) is 15.0 Å². The lowest BCUT2D eigenvalue weighted by Crippen LogP contribution is -2.27. The second kappa shape index (κ2) is 10.5. The van der Waals surface area contributed by atoms with Gasteiger partial charge < -0.3 is 9.40 Å².